The third-order valence-electron chi connectivity index (χ3n) is 3.69. The number of nitro groups is 1. The molecular weight excluding hydrogens is 354 g/mol. The Balaban J connectivity index is 2.01. The zero-order chi connectivity index (χ0) is 18.6. The van der Waals surface area contributed by atoms with Crippen molar-refractivity contribution < 1.29 is 27.7 Å². The Labute approximate surface area is 143 Å². The number of nitrogens with one attached hydrogen (secondary N) is 1. The molecule has 1 fully saturated rings. The number of anilines is 1. The fraction of sp³-hybridized carbons (Fsp3) is 0.429. The van der Waals surface area contributed by atoms with Gasteiger partial charge in [-0.2, -0.15) is 4.72 Å². The molecule has 1 aliphatic carbocycles. The van der Waals surface area contributed by atoms with Gasteiger partial charge in [0.15, 0.2) is 11.9 Å². The Hall–Kier alpha value is -2.53. The van der Waals surface area contributed by atoms with E-state index in [0.29, 0.717) is 12.8 Å². The van der Waals surface area contributed by atoms with Gasteiger partial charge in [0.05, 0.1) is 9.82 Å². The molecule has 0 amide bonds. The second-order valence-electron chi connectivity index (χ2n) is 5.49. The smallest absolute Gasteiger partial charge is 0.321 e. The monoisotopic (exact) mass is 371 g/mol. The number of nitrogens with two attached hydrogens (primary N) is 1. The predicted molar refractivity (Wildman–Crippen MR) is 86.1 cm³/mol. The molecule has 0 aromatic heterocycles. The molecule has 25 heavy (non-hydrogen) atoms. The molecule has 10 nitrogen and oxygen atoms in total. The fourth-order valence-electron chi connectivity index (χ4n) is 2.36. The zero-order valence-electron chi connectivity index (χ0n) is 13.1. The highest BCUT2D eigenvalue weighted by molar-refractivity contribution is 7.89. The predicted octanol–water partition coefficient (Wildman–Crippen LogP) is 0.510. The van der Waals surface area contributed by atoms with Crippen molar-refractivity contribution in [1.29, 1.82) is 0 Å². The molecular formula is C14H17N3O7S. The molecule has 0 saturated heterocycles. The van der Waals surface area contributed by atoms with E-state index in [-0.39, 0.29) is 11.5 Å². The summed E-state index contributed by atoms with van der Waals surface area (Å²) < 4.78 is 31.2. The van der Waals surface area contributed by atoms with Crippen LogP contribution in [0, 0.1) is 10.1 Å². The SMILES string of the molecule is Nc1ccc(S(=O)(=O)NCC(=O)OC2CCCCC2=O)cc1[N+](=O)[O-]. The van der Waals surface area contributed by atoms with Crippen LogP contribution in [0.1, 0.15) is 25.7 Å². The molecule has 0 spiro atoms. The Morgan fingerprint density at radius 1 is 1.40 bits per heavy atom. The van der Waals surface area contributed by atoms with Crippen LogP contribution in [0.25, 0.3) is 0 Å². The van der Waals surface area contributed by atoms with Crippen molar-refractivity contribution in [2.24, 2.45) is 0 Å². The summed E-state index contributed by atoms with van der Waals surface area (Å²) in [5.74, 6) is -1.08. The van der Waals surface area contributed by atoms with Crippen molar-refractivity contribution in [3.05, 3.63) is 28.3 Å². The molecule has 11 heteroatoms. The van der Waals surface area contributed by atoms with Crippen molar-refractivity contribution in [3.63, 3.8) is 0 Å². The Morgan fingerprint density at radius 3 is 2.76 bits per heavy atom. The number of nitrogens with zero attached hydrogens (tertiary/aromatic N) is 1. The van der Waals surface area contributed by atoms with Gasteiger partial charge in [0, 0.05) is 12.5 Å². The van der Waals surface area contributed by atoms with Crippen LogP contribution in [0.4, 0.5) is 11.4 Å². The summed E-state index contributed by atoms with van der Waals surface area (Å²) in [6, 6.07) is 2.97. The second kappa shape index (κ2) is 7.57. The number of carbonyl (C=O) groups is 2. The number of benzene rings is 1. The molecule has 0 radical (unpaired) electrons. The van der Waals surface area contributed by atoms with Crippen LogP contribution in [0.3, 0.4) is 0 Å². The van der Waals surface area contributed by atoms with Gasteiger partial charge in [-0.15, -0.1) is 0 Å². The summed E-state index contributed by atoms with van der Waals surface area (Å²) in [6.07, 6.45) is 1.41. The lowest BCUT2D eigenvalue weighted by molar-refractivity contribution is -0.384. The van der Waals surface area contributed by atoms with Crippen molar-refractivity contribution in [2.45, 2.75) is 36.7 Å². The Morgan fingerprint density at radius 2 is 2.12 bits per heavy atom. The Bertz CT molecular complexity index is 807. The van der Waals surface area contributed by atoms with E-state index in [1.54, 1.807) is 0 Å². The van der Waals surface area contributed by atoms with Gasteiger partial charge in [-0.1, -0.05) is 0 Å². The van der Waals surface area contributed by atoms with Crippen LogP contribution < -0.4 is 10.5 Å². The number of nitro benzene ring substituents is 1. The topological polar surface area (TPSA) is 159 Å². The highest BCUT2D eigenvalue weighted by Crippen LogP contribution is 2.24. The zero-order valence-corrected chi connectivity index (χ0v) is 14.0. The van der Waals surface area contributed by atoms with Gasteiger partial charge in [-0.25, -0.2) is 8.42 Å². The van der Waals surface area contributed by atoms with Crippen molar-refractivity contribution in [2.75, 3.05) is 12.3 Å². The Kier molecular flexibility index (Phi) is 5.69. The van der Waals surface area contributed by atoms with Crippen LogP contribution in [-0.4, -0.2) is 37.7 Å². The average Bonchev–Trinajstić information content (AvgIpc) is 2.55. The summed E-state index contributed by atoms with van der Waals surface area (Å²) in [6.45, 7) is -0.690. The quantitative estimate of drug-likeness (QED) is 0.317. The maximum atomic E-state index is 12.1. The summed E-state index contributed by atoms with van der Waals surface area (Å²) in [5, 5.41) is 10.8. The molecule has 1 aromatic carbocycles. The van der Waals surface area contributed by atoms with Crippen LogP contribution in [0.15, 0.2) is 23.1 Å². The summed E-state index contributed by atoms with van der Waals surface area (Å²) in [4.78, 5) is 32.9. The first-order chi connectivity index (χ1) is 11.7. The lowest BCUT2D eigenvalue weighted by atomic mass is 9.96. The molecule has 3 N–H and O–H groups in total. The van der Waals surface area contributed by atoms with Crippen LogP contribution in [0.5, 0.6) is 0 Å². The van der Waals surface area contributed by atoms with Gasteiger partial charge in [0.1, 0.15) is 12.2 Å². The molecule has 0 bridgehead atoms. The van der Waals surface area contributed by atoms with E-state index < -0.39 is 44.1 Å². The largest absolute Gasteiger partial charge is 0.453 e. The van der Waals surface area contributed by atoms with E-state index in [4.69, 9.17) is 10.5 Å². The van der Waals surface area contributed by atoms with Gasteiger partial charge < -0.3 is 10.5 Å². The first kappa shape index (κ1) is 18.8. The van der Waals surface area contributed by atoms with Crippen molar-refractivity contribution in [3.8, 4) is 0 Å². The molecule has 0 heterocycles. The minimum atomic E-state index is -4.18. The number of carbonyl (C=O) groups excluding carboxylic acids is 2. The van der Waals surface area contributed by atoms with Crippen molar-refractivity contribution >= 4 is 33.2 Å². The first-order valence-corrected chi connectivity index (χ1v) is 8.95. The minimum absolute atomic E-state index is 0.181. The van der Waals surface area contributed by atoms with E-state index in [2.05, 4.69) is 0 Å². The average molecular weight is 371 g/mol. The third kappa shape index (κ3) is 4.73. The molecule has 1 aromatic rings. The van der Waals surface area contributed by atoms with E-state index in [1.165, 1.54) is 0 Å². The van der Waals surface area contributed by atoms with Gasteiger partial charge in [-0.05, 0) is 31.4 Å². The lowest BCUT2D eigenvalue weighted by Crippen LogP contribution is -2.36. The number of ether oxygens (including phenoxy) is 1. The van der Waals surface area contributed by atoms with Gasteiger partial charge in [-0.3, -0.25) is 19.7 Å². The number of hydrogen-bond acceptors (Lipinski definition) is 8. The maximum absolute atomic E-state index is 12.1. The van der Waals surface area contributed by atoms with E-state index in [0.717, 1.165) is 31.0 Å². The normalized spacial score (nSPS) is 17.9. The van der Waals surface area contributed by atoms with E-state index in [1.807, 2.05) is 4.72 Å². The molecule has 1 aliphatic rings. The molecule has 136 valence electrons. The summed E-state index contributed by atoms with van der Waals surface area (Å²) >= 11 is 0. The maximum Gasteiger partial charge on any atom is 0.321 e. The van der Waals surface area contributed by atoms with Crippen molar-refractivity contribution in [1.82, 2.24) is 4.72 Å². The number of hydrogen-bond donors (Lipinski definition) is 2. The van der Waals surface area contributed by atoms with Crippen LogP contribution in [-0.2, 0) is 24.3 Å². The van der Waals surface area contributed by atoms with Crippen LogP contribution >= 0.6 is 0 Å². The van der Waals surface area contributed by atoms with E-state index in [9.17, 15) is 28.1 Å². The number of ketones is 1. The van der Waals surface area contributed by atoms with Gasteiger partial charge >= 0.3 is 5.97 Å². The van der Waals surface area contributed by atoms with Crippen LogP contribution in [0.2, 0.25) is 0 Å². The first-order valence-electron chi connectivity index (χ1n) is 7.46. The molecule has 1 unspecified atom stereocenters. The number of esters is 1. The number of rotatable bonds is 6. The number of Topliss-reactive ketones (excluding diaryl/α,β-unsaturated/α-hetero) is 1. The molecule has 1 atom stereocenters. The van der Waals surface area contributed by atoms with Gasteiger partial charge in [0.25, 0.3) is 5.69 Å². The van der Waals surface area contributed by atoms with E-state index >= 15 is 0 Å². The molecule has 0 aliphatic heterocycles. The lowest BCUT2D eigenvalue weighted by Gasteiger charge is -2.20. The second-order valence-corrected chi connectivity index (χ2v) is 7.26. The summed E-state index contributed by atoms with van der Waals surface area (Å²) in [7, 11) is -4.18. The standard InChI is InChI=1S/C14H17N3O7S/c15-10-6-5-9(7-11(10)17(20)21)25(22,23)16-8-14(19)24-13-4-2-1-3-12(13)18/h5-7,13,16H,1-4,8,15H2. The fourth-order valence-corrected chi connectivity index (χ4v) is 3.35. The summed E-state index contributed by atoms with van der Waals surface area (Å²) in [5.41, 5.74) is 4.67. The highest BCUT2D eigenvalue weighted by atomic mass is 32.2. The molecule has 2 rings (SSSR count). The third-order valence-corrected chi connectivity index (χ3v) is 5.09. The number of sulfonamides is 1. The van der Waals surface area contributed by atoms with Gasteiger partial charge in [0.2, 0.25) is 10.0 Å². The minimum Gasteiger partial charge on any atom is -0.453 e. The highest BCUT2D eigenvalue weighted by Gasteiger charge is 2.27. The molecule has 1 saturated carbocycles. The number of nitrogen functional groups attached to an aromatic ring is 1.